The molecule has 1 aromatic carbocycles. The van der Waals surface area contributed by atoms with E-state index in [0.717, 1.165) is 12.1 Å². The van der Waals surface area contributed by atoms with Crippen molar-refractivity contribution in [2.45, 2.75) is 0 Å². The van der Waals surface area contributed by atoms with Crippen molar-refractivity contribution in [2.75, 3.05) is 17.7 Å². The lowest BCUT2D eigenvalue weighted by Gasteiger charge is -2.10. The van der Waals surface area contributed by atoms with Crippen LogP contribution in [-0.4, -0.2) is 21.4 Å². The second-order valence-electron chi connectivity index (χ2n) is 4.26. The molecule has 0 saturated heterocycles. The number of fused-ring (bicyclic) bond motifs is 1. The third-order valence-corrected chi connectivity index (χ3v) is 2.88. The number of aromatic nitrogens is 3. The predicted molar refractivity (Wildman–Crippen MR) is 72.1 cm³/mol. The maximum atomic E-state index is 13.2. The Morgan fingerprint density at radius 2 is 1.86 bits per heavy atom. The molecule has 5 nitrogen and oxygen atoms in total. The highest BCUT2D eigenvalue weighted by atomic mass is 19.2. The highest BCUT2D eigenvalue weighted by molar-refractivity contribution is 5.71. The van der Waals surface area contributed by atoms with Crippen molar-refractivity contribution in [1.29, 1.82) is 0 Å². The number of nitrogens with one attached hydrogen (secondary N) is 2. The zero-order chi connectivity index (χ0) is 15.0. The van der Waals surface area contributed by atoms with Gasteiger partial charge < -0.3 is 15.0 Å². The Labute approximate surface area is 117 Å². The monoisotopic (exact) mass is 293 g/mol. The smallest absolute Gasteiger partial charge is 0.194 e. The molecule has 0 amide bonds. The van der Waals surface area contributed by atoms with Crippen molar-refractivity contribution < 1.29 is 13.2 Å². The van der Waals surface area contributed by atoms with E-state index in [9.17, 15) is 13.2 Å². The maximum absolute atomic E-state index is 13.2. The topological polar surface area (TPSA) is 54.2 Å². The summed E-state index contributed by atoms with van der Waals surface area (Å²) >= 11 is 0. The van der Waals surface area contributed by atoms with Crippen LogP contribution in [0.4, 0.5) is 30.5 Å². The maximum Gasteiger partial charge on any atom is 0.194 e. The van der Waals surface area contributed by atoms with Crippen LogP contribution in [0.1, 0.15) is 0 Å². The summed E-state index contributed by atoms with van der Waals surface area (Å²) in [6.45, 7) is 0. The van der Waals surface area contributed by atoms with Gasteiger partial charge in [0.05, 0.1) is 6.20 Å². The molecule has 2 N–H and O–H groups in total. The van der Waals surface area contributed by atoms with Crippen LogP contribution in [-0.2, 0) is 0 Å². The molecule has 3 rings (SSSR count). The lowest BCUT2D eigenvalue weighted by Crippen LogP contribution is -2.03. The van der Waals surface area contributed by atoms with Gasteiger partial charge in [0.15, 0.2) is 28.9 Å². The summed E-state index contributed by atoms with van der Waals surface area (Å²) in [6.07, 6.45) is 4.97. The number of benzene rings is 1. The van der Waals surface area contributed by atoms with Crippen LogP contribution in [0.2, 0.25) is 0 Å². The standard InChI is InChI=1S/C13H10F3N5/c1-17-10-6-21-3-2-18-13(21)12(20-10)19-7-4-8(14)11(16)9(15)5-7/h2-6,17H,1H3,(H,19,20). The highest BCUT2D eigenvalue weighted by Crippen LogP contribution is 2.23. The fourth-order valence-corrected chi connectivity index (χ4v) is 1.90. The van der Waals surface area contributed by atoms with Gasteiger partial charge in [-0.3, -0.25) is 0 Å². The molecule has 0 fully saturated rings. The Kier molecular flexibility index (Phi) is 3.13. The average molecular weight is 293 g/mol. The molecular weight excluding hydrogens is 283 g/mol. The van der Waals surface area contributed by atoms with Gasteiger partial charge in [-0.25, -0.2) is 23.1 Å². The summed E-state index contributed by atoms with van der Waals surface area (Å²) in [7, 11) is 1.69. The van der Waals surface area contributed by atoms with Crippen LogP contribution in [0.15, 0.2) is 30.7 Å². The van der Waals surface area contributed by atoms with E-state index in [-0.39, 0.29) is 11.5 Å². The van der Waals surface area contributed by atoms with Crippen molar-refractivity contribution in [3.8, 4) is 0 Å². The quantitative estimate of drug-likeness (QED) is 0.729. The summed E-state index contributed by atoms with van der Waals surface area (Å²) in [4.78, 5) is 8.33. The molecule has 0 bridgehead atoms. The first-order chi connectivity index (χ1) is 10.1. The van der Waals surface area contributed by atoms with E-state index in [2.05, 4.69) is 20.6 Å². The largest absolute Gasteiger partial charge is 0.372 e. The second kappa shape index (κ2) is 4.97. The third-order valence-electron chi connectivity index (χ3n) is 2.88. The minimum absolute atomic E-state index is 0.0389. The predicted octanol–water partition coefficient (Wildman–Crippen LogP) is 2.93. The van der Waals surface area contributed by atoms with Gasteiger partial charge in [-0.1, -0.05) is 0 Å². The van der Waals surface area contributed by atoms with Crippen LogP contribution in [0.3, 0.4) is 0 Å². The summed E-state index contributed by atoms with van der Waals surface area (Å²) < 4.78 is 41.1. The molecule has 108 valence electrons. The fourth-order valence-electron chi connectivity index (χ4n) is 1.90. The molecule has 2 aromatic heterocycles. The molecular formula is C13H10F3N5. The molecule has 0 aliphatic rings. The van der Waals surface area contributed by atoms with Gasteiger partial charge in [-0.15, -0.1) is 0 Å². The molecule has 0 atom stereocenters. The van der Waals surface area contributed by atoms with Crippen molar-refractivity contribution >= 4 is 23.0 Å². The van der Waals surface area contributed by atoms with Gasteiger partial charge in [0, 0.05) is 37.3 Å². The van der Waals surface area contributed by atoms with E-state index in [1.54, 1.807) is 30.0 Å². The van der Waals surface area contributed by atoms with E-state index in [4.69, 9.17) is 0 Å². The van der Waals surface area contributed by atoms with Crippen molar-refractivity contribution in [2.24, 2.45) is 0 Å². The molecule has 8 heteroatoms. The molecule has 0 saturated carbocycles. The number of halogens is 3. The Morgan fingerprint density at radius 1 is 1.14 bits per heavy atom. The Balaban J connectivity index is 2.07. The first-order valence-corrected chi connectivity index (χ1v) is 6.01. The lowest BCUT2D eigenvalue weighted by molar-refractivity contribution is 0.448. The number of nitrogens with zero attached hydrogens (tertiary/aromatic N) is 3. The van der Waals surface area contributed by atoms with Crippen LogP contribution in [0, 0.1) is 17.5 Å². The Morgan fingerprint density at radius 3 is 2.52 bits per heavy atom. The van der Waals surface area contributed by atoms with E-state index in [0.29, 0.717) is 11.5 Å². The molecule has 2 heterocycles. The number of rotatable bonds is 3. The first-order valence-electron chi connectivity index (χ1n) is 6.01. The first kappa shape index (κ1) is 13.2. The van der Waals surface area contributed by atoms with E-state index < -0.39 is 17.5 Å². The molecule has 0 aliphatic heterocycles. The van der Waals surface area contributed by atoms with Gasteiger partial charge in [-0.05, 0) is 0 Å². The van der Waals surface area contributed by atoms with E-state index >= 15 is 0 Å². The van der Waals surface area contributed by atoms with Gasteiger partial charge in [-0.2, -0.15) is 0 Å². The van der Waals surface area contributed by atoms with Crippen LogP contribution in [0.25, 0.3) is 5.65 Å². The van der Waals surface area contributed by atoms with Gasteiger partial charge in [0.25, 0.3) is 0 Å². The molecule has 0 aliphatic carbocycles. The summed E-state index contributed by atoms with van der Waals surface area (Å²) in [5, 5.41) is 5.59. The number of anilines is 3. The third kappa shape index (κ3) is 2.35. The molecule has 0 unspecified atom stereocenters. The zero-order valence-corrected chi connectivity index (χ0v) is 10.9. The highest BCUT2D eigenvalue weighted by Gasteiger charge is 2.13. The van der Waals surface area contributed by atoms with Gasteiger partial charge in [0.2, 0.25) is 0 Å². The lowest BCUT2D eigenvalue weighted by atomic mass is 10.3. The molecule has 3 aromatic rings. The van der Waals surface area contributed by atoms with Crippen molar-refractivity contribution in [3.05, 3.63) is 48.2 Å². The minimum Gasteiger partial charge on any atom is -0.372 e. The number of hydrogen-bond donors (Lipinski definition) is 2. The SMILES string of the molecule is CNc1cn2ccnc2c(Nc2cc(F)c(F)c(F)c2)n1. The Bertz CT molecular complexity index is 792. The average Bonchev–Trinajstić information content (AvgIpc) is 2.93. The summed E-state index contributed by atoms with van der Waals surface area (Å²) in [5.41, 5.74) is 0.510. The van der Waals surface area contributed by atoms with Crippen LogP contribution < -0.4 is 10.6 Å². The minimum atomic E-state index is -1.51. The summed E-state index contributed by atoms with van der Waals surface area (Å²) in [6, 6.07) is 1.71. The molecule has 0 radical (unpaired) electrons. The van der Waals surface area contributed by atoms with E-state index in [1.807, 2.05) is 0 Å². The molecule has 21 heavy (non-hydrogen) atoms. The summed E-state index contributed by atoms with van der Waals surface area (Å²) in [5.74, 6) is -3.24. The van der Waals surface area contributed by atoms with Gasteiger partial charge in [0.1, 0.15) is 5.82 Å². The van der Waals surface area contributed by atoms with Crippen molar-refractivity contribution in [1.82, 2.24) is 14.4 Å². The number of hydrogen-bond acceptors (Lipinski definition) is 4. The van der Waals surface area contributed by atoms with Crippen molar-refractivity contribution in [3.63, 3.8) is 0 Å². The van der Waals surface area contributed by atoms with Gasteiger partial charge >= 0.3 is 0 Å². The molecule has 0 spiro atoms. The fraction of sp³-hybridized carbons (Fsp3) is 0.0769. The van der Waals surface area contributed by atoms with Crippen LogP contribution >= 0.6 is 0 Å². The van der Waals surface area contributed by atoms with E-state index in [1.165, 1.54) is 0 Å². The Hall–Kier alpha value is -2.77. The normalized spacial score (nSPS) is 10.9. The number of imidazole rings is 1. The zero-order valence-electron chi connectivity index (χ0n) is 10.9. The second-order valence-corrected chi connectivity index (χ2v) is 4.26. The van der Waals surface area contributed by atoms with Crippen LogP contribution in [0.5, 0.6) is 0 Å².